The molecule has 6 nitrogen and oxygen atoms in total. The molecule has 0 spiro atoms. The summed E-state index contributed by atoms with van der Waals surface area (Å²) in [4.78, 5) is 0. The molecule has 0 fully saturated rings. The Morgan fingerprint density at radius 3 is 0.716 bits per heavy atom. The molecule has 2 unspecified atom stereocenters. The van der Waals surface area contributed by atoms with Crippen molar-refractivity contribution in [2.45, 2.75) is 236 Å². The molecule has 2 atom stereocenters. The first-order valence-corrected chi connectivity index (χ1v) is 31.9. The minimum Gasteiger partial charge on any atom is -0.508 e. The van der Waals surface area contributed by atoms with E-state index >= 15 is 0 Å². The zero-order chi connectivity index (χ0) is 65.7. The van der Waals surface area contributed by atoms with Gasteiger partial charge in [0, 0.05) is 33.4 Å². The Morgan fingerprint density at radius 2 is 0.534 bits per heavy atom. The van der Waals surface area contributed by atoms with E-state index in [0.29, 0.717) is 38.3 Å². The molecule has 0 aromatic heterocycles. The lowest BCUT2D eigenvalue weighted by Gasteiger charge is -2.29. The zero-order valence-electron chi connectivity index (χ0n) is 58.2. The van der Waals surface area contributed by atoms with Crippen LogP contribution in [0.1, 0.15) is 255 Å². The van der Waals surface area contributed by atoms with Crippen molar-refractivity contribution >= 4 is 12.2 Å². The van der Waals surface area contributed by atoms with Crippen molar-refractivity contribution in [2.24, 2.45) is 0 Å². The smallest absolute Gasteiger partial charge is 0.124 e. The summed E-state index contributed by atoms with van der Waals surface area (Å²) in [5, 5.41) is 20.0. The number of hydrogen-bond acceptors (Lipinski definition) is 6. The summed E-state index contributed by atoms with van der Waals surface area (Å²) < 4.78 is 25.9. The lowest BCUT2D eigenvalue weighted by atomic mass is 9.81. The van der Waals surface area contributed by atoms with Crippen molar-refractivity contribution in [3.63, 3.8) is 0 Å². The van der Waals surface area contributed by atoms with Crippen molar-refractivity contribution in [3.8, 4) is 34.5 Å². The minimum atomic E-state index is -0.169. The van der Waals surface area contributed by atoms with E-state index < -0.39 is 0 Å². The van der Waals surface area contributed by atoms with Crippen LogP contribution in [0, 0.1) is 0 Å². The van der Waals surface area contributed by atoms with E-state index in [0.717, 1.165) is 80.3 Å². The first kappa shape index (κ1) is 71.6. The molecular formula is C82H110O6. The highest BCUT2D eigenvalue weighted by Crippen LogP contribution is 2.45. The van der Waals surface area contributed by atoms with Crippen LogP contribution in [-0.2, 0) is 58.9 Å². The second kappa shape index (κ2) is 29.9. The number of benzene rings is 7. The highest BCUT2D eigenvalue weighted by atomic mass is 16.5. The van der Waals surface area contributed by atoms with Crippen molar-refractivity contribution in [2.75, 3.05) is 0 Å². The fraction of sp³-hybridized carbons (Fsp3) is 0.439. The Morgan fingerprint density at radius 1 is 0.330 bits per heavy atom. The lowest BCUT2D eigenvalue weighted by Crippen LogP contribution is -2.18. The lowest BCUT2D eigenvalue weighted by molar-refractivity contribution is 0.283. The molecule has 0 saturated carbocycles. The van der Waals surface area contributed by atoms with Crippen LogP contribution in [0.15, 0.2) is 147 Å². The molecule has 88 heavy (non-hydrogen) atoms. The summed E-state index contributed by atoms with van der Waals surface area (Å²) in [7, 11) is 0. The van der Waals surface area contributed by atoms with Crippen LogP contribution in [0.2, 0.25) is 0 Å². The van der Waals surface area contributed by atoms with Gasteiger partial charge >= 0.3 is 0 Å². The van der Waals surface area contributed by atoms with Gasteiger partial charge in [0.15, 0.2) is 0 Å². The predicted molar refractivity (Wildman–Crippen MR) is 376 cm³/mol. The SMILES string of the molecule is C=Cc1ccc(COc2cc(C(C)(C)C)c(OCc3ccc(C=C)cc3)cc2C(C)(C)C)cc1.CC(C)(C)c1cc(O)c(C(C)(C)C)cc1O.CCC(C)c1ccc(COc2cc(C(C)(C)C)c(OCc3ccc(C(C)CC)cc3)cc2C(C)(C)C)cc1. The van der Waals surface area contributed by atoms with Gasteiger partial charge in [-0.2, -0.15) is 0 Å². The minimum absolute atomic E-state index is 0.0811. The van der Waals surface area contributed by atoms with Crippen LogP contribution in [0.25, 0.3) is 12.2 Å². The van der Waals surface area contributed by atoms with Gasteiger partial charge in [-0.25, -0.2) is 0 Å². The second-order valence-electron chi connectivity index (χ2n) is 30.2. The second-order valence-corrected chi connectivity index (χ2v) is 30.2. The van der Waals surface area contributed by atoms with Gasteiger partial charge in [0.05, 0.1) is 0 Å². The van der Waals surface area contributed by atoms with Crippen LogP contribution in [0.5, 0.6) is 34.5 Å². The number of hydrogen-bond donors (Lipinski definition) is 2. The number of aromatic hydroxyl groups is 2. The average molecular weight is 1190 g/mol. The van der Waals surface area contributed by atoms with E-state index in [2.05, 4.69) is 245 Å². The fourth-order valence-electron chi connectivity index (χ4n) is 10.2. The number of rotatable bonds is 18. The van der Waals surface area contributed by atoms with Crippen molar-refractivity contribution in [3.05, 3.63) is 225 Å². The van der Waals surface area contributed by atoms with Gasteiger partial charge in [0.1, 0.15) is 60.9 Å². The Kier molecular flexibility index (Phi) is 24.3. The van der Waals surface area contributed by atoms with Gasteiger partial charge in [-0.05, 0) is 138 Å². The third-order valence-electron chi connectivity index (χ3n) is 16.5. The summed E-state index contributed by atoms with van der Waals surface area (Å²) in [6.07, 6.45) is 6.01. The molecule has 474 valence electrons. The summed E-state index contributed by atoms with van der Waals surface area (Å²) in [6.45, 7) is 57.6. The van der Waals surface area contributed by atoms with Crippen LogP contribution >= 0.6 is 0 Å². The molecule has 0 aliphatic rings. The zero-order valence-corrected chi connectivity index (χ0v) is 58.2. The maximum absolute atomic E-state index is 10.0. The fourth-order valence-corrected chi connectivity index (χ4v) is 10.2. The highest BCUT2D eigenvalue weighted by molar-refractivity contribution is 5.55. The van der Waals surface area contributed by atoms with Gasteiger partial charge in [-0.3, -0.25) is 0 Å². The summed E-state index contributed by atoms with van der Waals surface area (Å²) in [5.74, 6) is 5.39. The van der Waals surface area contributed by atoms with Gasteiger partial charge in [0.2, 0.25) is 0 Å². The molecule has 7 aromatic rings. The van der Waals surface area contributed by atoms with Gasteiger partial charge in [-0.15, -0.1) is 0 Å². The number of phenols is 2. The van der Waals surface area contributed by atoms with Gasteiger partial charge < -0.3 is 29.2 Å². The summed E-state index contributed by atoms with van der Waals surface area (Å²) in [6, 6.07) is 46.5. The van der Waals surface area contributed by atoms with Crippen LogP contribution in [0.3, 0.4) is 0 Å². The van der Waals surface area contributed by atoms with Crippen molar-refractivity contribution < 1.29 is 29.2 Å². The third-order valence-corrected chi connectivity index (χ3v) is 16.5. The first-order chi connectivity index (χ1) is 40.9. The molecule has 7 aromatic carbocycles. The van der Waals surface area contributed by atoms with Crippen LogP contribution < -0.4 is 18.9 Å². The average Bonchev–Trinajstić information content (AvgIpc) is 1.20. The topological polar surface area (TPSA) is 77.4 Å². The van der Waals surface area contributed by atoms with E-state index in [1.54, 1.807) is 12.1 Å². The standard InChI is InChI=1S/C36H50O2.C32H38O2.C14H22O2/c1-11-25(3)29-17-13-27(14-18-29)23-37-33-21-32(36(8,9)10)34(22-31(33)35(5,6)7)38-24-28-15-19-30(20-16-28)26(4)12-2;1-9-23-11-15-25(16-12-23)21-33-29-19-28(32(6,7)8)30(20-27(29)31(3,4)5)34-22-26-17-13-24(10-2)14-18-26;1-13(2,3)9-7-12(16)10(8-11(9)15)14(4,5)6/h13-22,25-26H,11-12,23-24H2,1-10H3;9-20H,1-2,21-22H2,3-8H3;7-8,15-16H,1-6H3. The molecule has 2 N–H and O–H groups in total. The molecule has 0 amide bonds. The molecule has 0 heterocycles. The summed E-state index contributed by atoms with van der Waals surface area (Å²) >= 11 is 0. The van der Waals surface area contributed by atoms with E-state index in [-0.39, 0.29) is 44.0 Å². The quantitative estimate of drug-likeness (QED) is 0.0834. The third kappa shape index (κ3) is 20.4. The van der Waals surface area contributed by atoms with Crippen molar-refractivity contribution in [1.82, 2.24) is 0 Å². The Labute approximate surface area is 533 Å². The summed E-state index contributed by atoms with van der Waals surface area (Å²) in [5.41, 5.74) is 15.1. The largest absolute Gasteiger partial charge is 0.508 e. The van der Waals surface area contributed by atoms with Gasteiger partial charge in [0.25, 0.3) is 0 Å². The van der Waals surface area contributed by atoms with Crippen molar-refractivity contribution in [1.29, 1.82) is 0 Å². The van der Waals surface area contributed by atoms with E-state index in [1.165, 1.54) is 33.4 Å². The molecule has 0 aliphatic heterocycles. The monoisotopic (exact) mass is 1190 g/mol. The molecule has 0 bridgehead atoms. The normalized spacial score (nSPS) is 12.8. The predicted octanol–water partition coefficient (Wildman–Crippen LogP) is 22.9. The highest BCUT2D eigenvalue weighted by Gasteiger charge is 2.30. The molecule has 6 heteroatoms. The van der Waals surface area contributed by atoms with E-state index in [1.807, 2.05) is 53.7 Å². The van der Waals surface area contributed by atoms with Gasteiger partial charge in [-0.1, -0.05) is 275 Å². The van der Waals surface area contributed by atoms with E-state index in [4.69, 9.17) is 18.9 Å². The number of ether oxygens (including phenoxy) is 4. The first-order valence-electron chi connectivity index (χ1n) is 31.9. The maximum Gasteiger partial charge on any atom is 0.124 e. The van der Waals surface area contributed by atoms with Crippen LogP contribution in [-0.4, -0.2) is 10.2 Å². The Bertz CT molecular complexity index is 3130. The molecule has 0 aliphatic carbocycles. The maximum atomic E-state index is 10.0. The number of phenolic OH excluding ortho intramolecular Hbond substituents is 2. The molecule has 0 saturated heterocycles. The Hall–Kier alpha value is -7.18. The molecule has 0 radical (unpaired) electrons. The molecule has 7 rings (SSSR count). The van der Waals surface area contributed by atoms with E-state index in [9.17, 15) is 10.2 Å². The van der Waals surface area contributed by atoms with Crippen LogP contribution in [0.4, 0.5) is 0 Å². The Balaban J connectivity index is 0.000000259. The molecular weight excluding hydrogens is 1080 g/mol.